The summed E-state index contributed by atoms with van der Waals surface area (Å²) in [6.07, 6.45) is 0. The van der Waals surface area contributed by atoms with E-state index in [2.05, 4.69) is 15.9 Å². The highest BCUT2D eigenvalue weighted by Crippen LogP contribution is 2.27. The van der Waals surface area contributed by atoms with Crippen LogP contribution in [0.4, 0.5) is 5.69 Å². The van der Waals surface area contributed by atoms with Gasteiger partial charge in [0, 0.05) is 16.3 Å². The first-order valence-electron chi connectivity index (χ1n) is 4.43. The normalized spacial score (nSPS) is 10.4. The molecule has 2 nitrogen and oxygen atoms in total. The number of hydrogen-bond acceptors (Lipinski definition) is 3. The van der Waals surface area contributed by atoms with Gasteiger partial charge >= 0.3 is 0 Å². The van der Waals surface area contributed by atoms with Crippen LogP contribution >= 0.6 is 38.9 Å². The number of carbonyl (C=O) groups is 1. The molecule has 0 amide bonds. The number of anilines is 1. The van der Waals surface area contributed by atoms with E-state index in [0.717, 1.165) is 3.79 Å². The number of carbonyl (C=O) groups excluding carboxylic acids is 1. The molecule has 0 fully saturated rings. The summed E-state index contributed by atoms with van der Waals surface area (Å²) in [6, 6.07) is 8.49. The highest BCUT2D eigenvalue weighted by molar-refractivity contribution is 9.11. The lowest BCUT2D eigenvalue weighted by molar-refractivity contribution is 0.104. The fraction of sp³-hybridized carbons (Fsp3) is 0. The monoisotopic (exact) mass is 315 g/mol. The predicted octanol–water partition coefficient (Wildman–Crippen LogP) is 3.98. The fourth-order valence-corrected chi connectivity index (χ4v) is 2.83. The van der Waals surface area contributed by atoms with E-state index in [0.29, 0.717) is 21.2 Å². The Bertz CT molecular complexity index is 553. The van der Waals surface area contributed by atoms with Gasteiger partial charge in [-0.25, -0.2) is 0 Å². The summed E-state index contributed by atoms with van der Waals surface area (Å²) >= 11 is 10.5. The van der Waals surface area contributed by atoms with Crippen molar-refractivity contribution in [1.82, 2.24) is 0 Å². The molecule has 0 bridgehead atoms. The quantitative estimate of drug-likeness (QED) is 0.673. The molecule has 1 aromatic heterocycles. The third-order valence-electron chi connectivity index (χ3n) is 2.06. The molecule has 2 rings (SSSR count). The summed E-state index contributed by atoms with van der Waals surface area (Å²) in [6.45, 7) is 0. The Morgan fingerprint density at radius 1 is 1.31 bits per heavy atom. The first-order valence-corrected chi connectivity index (χ1v) is 6.42. The van der Waals surface area contributed by atoms with E-state index in [9.17, 15) is 4.79 Å². The Hall–Kier alpha value is -0.840. The number of nitrogen functional groups attached to an aromatic ring is 1. The second-order valence-corrected chi connectivity index (χ2v) is 6.06. The van der Waals surface area contributed by atoms with Gasteiger partial charge in [0.2, 0.25) is 5.78 Å². The molecule has 0 radical (unpaired) electrons. The van der Waals surface area contributed by atoms with Gasteiger partial charge in [0.15, 0.2) is 0 Å². The molecule has 0 spiro atoms. The van der Waals surface area contributed by atoms with Crippen molar-refractivity contribution in [3.63, 3.8) is 0 Å². The SMILES string of the molecule is Nc1cc(Cl)ccc1C(=O)c1ccc(Br)s1. The van der Waals surface area contributed by atoms with E-state index in [1.807, 2.05) is 6.07 Å². The zero-order valence-corrected chi connectivity index (χ0v) is 11.2. The topological polar surface area (TPSA) is 43.1 Å². The van der Waals surface area contributed by atoms with Crippen LogP contribution in [0.5, 0.6) is 0 Å². The molecular formula is C11H7BrClNOS. The van der Waals surface area contributed by atoms with Crippen LogP contribution < -0.4 is 5.73 Å². The van der Waals surface area contributed by atoms with Gasteiger partial charge in [-0.3, -0.25) is 4.79 Å². The molecule has 16 heavy (non-hydrogen) atoms. The van der Waals surface area contributed by atoms with Crippen LogP contribution in [0.2, 0.25) is 5.02 Å². The maximum absolute atomic E-state index is 12.1. The average molecular weight is 317 g/mol. The van der Waals surface area contributed by atoms with Gasteiger partial charge < -0.3 is 5.73 Å². The Kier molecular flexibility index (Phi) is 3.33. The Morgan fingerprint density at radius 3 is 2.62 bits per heavy atom. The number of rotatable bonds is 2. The lowest BCUT2D eigenvalue weighted by Gasteiger charge is -2.03. The minimum Gasteiger partial charge on any atom is -0.398 e. The highest BCUT2D eigenvalue weighted by atomic mass is 79.9. The third-order valence-corrected chi connectivity index (χ3v) is 3.91. The van der Waals surface area contributed by atoms with Crippen molar-refractivity contribution in [2.45, 2.75) is 0 Å². The first-order chi connectivity index (χ1) is 7.58. The average Bonchev–Trinajstić information content (AvgIpc) is 2.64. The Labute approximate surface area is 110 Å². The summed E-state index contributed by atoms with van der Waals surface area (Å²) in [7, 11) is 0. The fourth-order valence-electron chi connectivity index (χ4n) is 1.31. The van der Waals surface area contributed by atoms with Crippen molar-refractivity contribution in [2.75, 3.05) is 5.73 Å². The van der Waals surface area contributed by atoms with Gasteiger partial charge in [-0.1, -0.05) is 11.6 Å². The van der Waals surface area contributed by atoms with Crippen LogP contribution in [0, 0.1) is 0 Å². The van der Waals surface area contributed by atoms with Gasteiger partial charge in [-0.05, 0) is 46.3 Å². The Balaban J connectivity index is 2.41. The van der Waals surface area contributed by atoms with Gasteiger partial charge in [0.05, 0.1) is 8.66 Å². The van der Waals surface area contributed by atoms with Crippen LogP contribution in [-0.4, -0.2) is 5.78 Å². The molecule has 1 aromatic carbocycles. The van der Waals surface area contributed by atoms with Crippen LogP contribution in [0.15, 0.2) is 34.1 Å². The maximum Gasteiger partial charge on any atom is 0.205 e. The molecule has 0 aliphatic rings. The lowest BCUT2D eigenvalue weighted by Crippen LogP contribution is -2.03. The van der Waals surface area contributed by atoms with Gasteiger partial charge in [-0.2, -0.15) is 0 Å². The number of ketones is 1. The van der Waals surface area contributed by atoms with Crippen molar-refractivity contribution < 1.29 is 4.79 Å². The number of benzene rings is 1. The summed E-state index contributed by atoms with van der Waals surface area (Å²) in [4.78, 5) is 12.7. The molecule has 0 aliphatic carbocycles. The molecule has 0 saturated carbocycles. The standard InChI is InChI=1S/C11H7BrClNOS/c12-10-4-3-9(16-10)11(15)7-2-1-6(13)5-8(7)14/h1-5H,14H2. The van der Waals surface area contributed by atoms with Gasteiger partial charge in [0.25, 0.3) is 0 Å². The van der Waals surface area contributed by atoms with E-state index in [1.54, 1.807) is 24.3 Å². The smallest absolute Gasteiger partial charge is 0.205 e. The second-order valence-electron chi connectivity index (χ2n) is 3.16. The number of halogens is 2. The summed E-state index contributed by atoms with van der Waals surface area (Å²) in [5.74, 6) is -0.0788. The van der Waals surface area contributed by atoms with Crippen molar-refractivity contribution in [1.29, 1.82) is 0 Å². The van der Waals surface area contributed by atoms with Crippen molar-refractivity contribution in [3.05, 3.63) is 49.6 Å². The molecule has 82 valence electrons. The Morgan fingerprint density at radius 2 is 2.06 bits per heavy atom. The largest absolute Gasteiger partial charge is 0.398 e. The van der Waals surface area contributed by atoms with Crippen molar-refractivity contribution in [2.24, 2.45) is 0 Å². The molecule has 0 atom stereocenters. The van der Waals surface area contributed by atoms with E-state index in [4.69, 9.17) is 17.3 Å². The minimum absolute atomic E-state index is 0.0788. The van der Waals surface area contributed by atoms with Crippen LogP contribution in [0.1, 0.15) is 15.2 Å². The molecule has 0 aliphatic heterocycles. The lowest BCUT2D eigenvalue weighted by atomic mass is 10.1. The summed E-state index contributed by atoms with van der Waals surface area (Å²) < 4.78 is 0.920. The van der Waals surface area contributed by atoms with Gasteiger partial charge in [0.1, 0.15) is 0 Å². The molecule has 2 aromatic rings. The molecule has 2 N–H and O–H groups in total. The maximum atomic E-state index is 12.1. The van der Waals surface area contributed by atoms with Crippen LogP contribution in [0.25, 0.3) is 0 Å². The van der Waals surface area contributed by atoms with Crippen LogP contribution in [-0.2, 0) is 0 Å². The molecule has 5 heteroatoms. The zero-order chi connectivity index (χ0) is 11.7. The summed E-state index contributed by atoms with van der Waals surface area (Å²) in [5.41, 5.74) is 6.64. The van der Waals surface area contributed by atoms with E-state index < -0.39 is 0 Å². The van der Waals surface area contributed by atoms with Gasteiger partial charge in [-0.15, -0.1) is 11.3 Å². The molecule has 0 saturated heterocycles. The number of thiophene rings is 1. The van der Waals surface area contributed by atoms with E-state index >= 15 is 0 Å². The minimum atomic E-state index is -0.0788. The number of nitrogens with two attached hydrogens (primary N) is 1. The predicted molar refractivity (Wildman–Crippen MR) is 71.3 cm³/mol. The molecule has 0 unspecified atom stereocenters. The molecular weight excluding hydrogens is 310 g/mol. The van der Waals surface area contributed by atoms with Crippen molar-refractivity contribution >= 4 is 50.3 Å². The second kappa shape index (κ2) is 4.57. The highest BCUT2D eigenvalue weighted by Gasteiger charge is 2.14. The zero-order valence-electron chi connectivity index (χ0n) is 8.04. The van der Waals surface area contributed by atoms with E-state index in [-0.39, 0.29) is 5.78 Å². The summed E-state index contributed by atoms with van der Waals surface area (Å²) in [5, 5.41) is 0.529. The first kappa shape index (κ1) is 11.6. The van der Waals surface area contributed by atoms with E-state index in [1.165, 1.54) is 11.3 Å². The number of hydrogen-bond donors (Lipinski definition) is 1. The van der Waals surface area contributed by atoms with Crippen molar-refractivity contribution in [3.8, 4) is 0 Å². The van der Waals surface area contributed by atoms with Crippen LogP contribution in [0.3, 0.4) is 0 Å². The molecule has 1 heterocycles. The third kappa shape index (κ3) is 2.29.